The Labute approximate surface area is 102 Å². The molecule has 3 nitrogen and oxygen atoms in total. The second-order valence-corrected chi connectivity index (χ2v) is 6.06. The highest BCUT2D eigenvalue weighted by Gasteiger charge is 2.51. The molecule has 4 heteroatoms. The maximum absolute atomic E-state index is 14.9. The van der Waals surface area contributed by atoms with Crippen molar-refractivity contribution in [2.24, 2.45) is 11.7 Å². The molecule has 0 aromatic heterocycles. The lowest BCUT2D eigenvalue weighted by atomic mass is 9.75. The van der Waals surface area contributed by atoms with Gasteiger partial charge in [0.15, 0.2) is 0 Å². The van der Waals surface area contributed by atoms with E-state index in [9.17, 15) is 4.39 Å². The molecule has 0 aromatic rings. The van der Waals surface area contributed by atoms with Gasteiger partial charge in [0.25, 0.3) is 0 Å². The van der Waals surface area contributed by atoms with Gasteiger partial charge in [-0.15, -0.1) is 0 Å². The molecule has 0 aromatic carbocycles. The number of ether oxygens (including phenoxy) is 2. The van der Waals surface area contributed by atoms with E-state index in [1.807, 2.05) is 0 Å². The van der Waals surface area contributed by atoms with Gasteiger partial charge in [-0.2, -0.15) is 0 Å². The molecule has 1 saturated carbocycles. The normalized spacial score (nSPS) is 51.2. The Kier molecular flexibility index (Phi) is 2.92. The summed E-state index contributed by atoms with van der Waals surface area (Å²) in [5.41, 5.74) is 4.64. The van der Waals surface area contributed by atoms with Crippen molar-refractivity contribution < 1.29 is 13.9 Å². The van der Waals surface area contributed by atoms with E-state index in [0.717, 1.165) is 32.3 Å². The van der Waals surface area contributed by atoms with Crippen LogP contribution in [0, 0.1) is 5.92 Å². The van der Waals surface area contributed by atoms with Gasteiger partial charge in [-0.1, -0.05) is 0 Å². The zero-order valence-corrected chi connectivity index (χ0v) is 10.3. The van der Waals surface area contributed by atoms with Crippen LogP contribution < -0.4 is 5.73 Å². The average molecular weight is 243 g/mol. The standard InChI is InChI=1S/C13H22FNO2/c14-13(3-1-11(15)8-13)10-2-5-17-12(7-10)4-6-16-9-12/h10-11H,1-9,15H2. The maximum Gasteiger partial charge on any atom is 0.115 e. The highest BCUT2D eigenvalue weighted by molar-refractivity contribution is 5.02. The van der Waals surface area contributed by atoms with Crippen molar-refractivity contribution in [3.63, 3.8) is 0 Å². The van der Waals surface area contributed by atoms with Gasteiger partial charge in [-0.25, -0.2) is 4.39 Å². The minimum absolute atomic E-state index is 0.0543. The average Bonchev–Trinajstić information content (AvgIpc) is 2.88. The summed E-state index contributed by atoms with van der Waals surface area (Å²) in [6, 6.07) is 0.0543. The predicted octanol–water partition coefficient (Wildman–Crippen LogP) is 1.79. The van der Waals surface area contributed by atoms with E-state index >= 15 is 0 Å². The molecule has 2 aliphatic heterocycles. The second kappa shape index (κ2) is 4.18. The fourth-order valence-corrected chi connectivity index (χ4v) is 3.77. The molecule has 1 spiro atoms. The van der Waals surface area contributed by atoms with Crippen LogP contribution >= 0.6 is 0 Å². The Morgan fingerprint density at radius 1 is 1.12 bits per heavy atom. The van der Waals surface area contributed by atoms with Crippen LogP contribution in [0.4, 0.5) is 4.39 Å². The molecule has 2 saturated heterocycles. The Morgan fingerprint density at radius 2 is 2.00 bits per heavy atom. The second-order valence-electron chi connectivity index (χ2n) is 6.06. The first-order valence-electron chi connectivity index (χ1n) is 6.78. The van der Waals surface area contributed by atoms with E-state index in [0.29, 0.717) is 26.1 Å². The van der Waals surface area contributed by atoms with E-state index in [4.69, 9.17) is 15.2 Å². The Bertz CT molecular complexity index is 293. The Morgan fingerprint density at radius 3 is 2.65 bits per heavy atom. The molecule has 2 N–H and O–H groups in total. The fourth-order valence-electron chi connectivity index (χ4n) is 3.77. The van der Waals surface area contributed by atoms with Gasteiger partial charge in [0.1, 0.15) is 5.67 Å². The van der Waals surface area contributed by atoms with E-state index in [1.165, 1.54) is 0 Å². The summed E-state index contributed by atoms with van der Waals surface area (Å²) < 4.78 is 26.2. The van der Waals surface area contributed by atoms with Crippen LogP contribution in [-0.4, -0.2) is 37.1 Å². The van der Waals surface area contributed by atoms with Gasteiger partial charge in [0, 0.05) is 25.7 Å². The molecule has 4 atom stereocenters. The molecule has 0 amide bonds. The molecule has 3 aliphatic rings. The van der Waals surface area contributed by atoms with Crippen LogP contribution in [0.3, 0.4) is 0 Å². The Hall–Kier alpha value is -0.190. The number of hydrogen-bond donors (Lipinski definition) is 1. The lowest BCUT2D eigenvalue weighted by Crippen LogP contribution is -2.46. The molecule has 2 heterocycles. The van der Waals surface area contributed by atoms with Crippen LogP contribution in [0.15, 0.2) is 0 Å². The first kappa shape index (κ1) is 11.9. The van der Waals surface area contributed by atoms with Crippen molar-refractivity contribution in [2.45, 2.75) is 55.8 Å². The lowest BCUT2D eigenvalue weighted by Gasteiger charge is -2.42. The largest absolute Gasteiger partial charge is 0.378 e. The van der Waals surface area contributed by atoms with Crippen LogP contribution in [0.25, 0.3) is 0 Å². The molecular formula is C13H22FNO2. The molecular weight excluding hydrogens is 221 g/mol. The smallest absolute Gasteiger partial charge is 0.115 e. The molecule has 3 rings (SSSR count). The van der Waals surface area contributed by atoms with Crippen LogP contribution in [-0.2, 0) is 9.47 Å². The fraction of sp³-hybridized carbons (Fsp3) is 1.00. The number of halogens is 1. The van der Waals surface area contributed by atoms with Gasteiger partial charge in [-0.05, 0) is 38.0 Å². The number of rotatable bonds is 1. The molecule has 98 valence electrons. The van der Waals surface area contributed by atoms with Crippen molar-refractivity contribution >= 4 is 0 Å². The zero-order valence-electron chi connectivity index (χ0n) is 10.3. The predicted molar refractivity (Wildman–Crippen MR) is 62.5 cm³/mol. The third-order valence-electron chi connectivity index (χ3n) is 4.82. The van der Waals surface area contributed by atoms with Gasteiger partial charge < -0.3 is 15.2 Å². The Balaban J connectivity index is 1.71. The summed E-state index contributed by atoms with van der Waals surface area (Å²) in [6.07, 6.45) is 4.58. The van der Waals surface area contributed by atoms with Gasteiger partial charge in [0.05, 0.1) is 12.2 Å². The minimum Gasteiger partial charge on any atom is -0.378 e. The molecule has 0 bridgehead atoms. The maximum atomic E-state index is 14.9. The van der Waals surface area contributed by atoms with Crippen molar-refractivity contribution in [2.75, 3.05) is 19.8 Å². The summed E-state index contributed by atoms with van der Waals surface area (Å²) in [6.45, 7) is 2.08. The highest BCUT2D eigenvalue weighted by atomic mass is 19.1. The van der Waals surface area contributed by atoms with E-state index in [1.54, 1.807) is 0 Å². The van der Waals surface area contributed by atoms with Gasteiger partial charge in [-0.3, -0.25) is 0 Å². The van der Waals surface area contributed by atoms with Crippen LogP contribution in [0.2, 0.25) is 0 Å². The number of nitrogens with two attached hydrogens (primary N) is 1. The molecule has 1 aliphatic carbocycles. The summed E-state index contributed by atoms with van der Waals surface area (Å²) >= 11 is 0. The zero-order chi connectivity index (χ0) is 11.9. The molecule has 0 radical (unpaired) electrons. The summed E-state index contributed by atoms with van der Waals surface area (Å²) in [5, 5.41) is 0. The van der Waals surface area contributed by atoms with Gasteiger partial charge in [0.2, 0.25) is 0 Å². The first-order valence-corrected chi connectivity index (χ1v) is 6.78. The van der Waals surface area contributed by atoms with Crippen molar-refractivity contribution in [3.8, 4) is 0 Å². The first-order chi connectivity index (χ1) is 8.12. The molecule has 3 fully saturated rings. The van der Waals surface area contributed by atoms with Crippen molar-refractivity contribution in [3.05, 3.63) is 0 Å². The van der Waals surface area contributed by atoms with E-state index in [2.05, 4.69) is 0 Å². The van der Waals surface area contributed by atoms with E-state index < -0.39 is 5.67 Å². The van der Waals surface area contributed by atoms with Gasteiger partial charge >= 0.3 is 0 Å². The summed E-state index contributed by atoms with van der Waals surface area (Å²) in [4.78, 5) is 0. The van der Waals surface area contributed by atoms with Crippen molar-refractivity contribution in [1.29, 1.82) is 0 Å². The summed E-state index contributed by atoms with van der Waals surface area (Å²) in [7, 11) is 0. The van der Waals surface area contributed by atoms with Crippen LogP contribution in [0.5, 0.6) is 0 Å². The quantitative estimate of drug-likeness (QED) is 0.763. The highest BCUT2D eigenvalue weighted by Crippen LogP contribution is 2.47. The monoisotopic (exact) mass is 243 g/mol. The summed E-state index contributed by atoms with van der Waals surface area (Å²) in [5.74, 6) is 0.117. The topological polar surface area (TPSA) is 44.5 Å². The third-order valence-corrected chi connectivity index (χ3v) is 4.82. The third kappa shape index (κ3) is 2.11. The van der Waals surface area contributed by atoms with Crippen molar-refractivity contribution in [1.82, 2.24) is 0 Å². The lowest BCUT2D eigenvalue weighted by molar-refractivity contribution is -0.124. The van der Waals surface area contributed by atoms with E-state index in [-0.39, 0.29) is 17.6 Å². The number of alkyl halides is 1. The molecule has 4 unspecified atom stereocenters. The minimum atomic E-state index is -1.04. The van der Waals surface area contributed by atoms with Crippen LogP contribution in [0.1, 0.15) is 38.5 Å². The number of hydrogen-bond acceptors (Lipinski definition) is 3. The molecule has 17 heavy (non-hydrogen) atoms. The SMILES string of the molecule is NC1CCC(F)(C2CCOC3(CCOC3)C2)C1.